The fourth-order valence-electron chi connectivity index (χ4n) is 6.38. The highest BCUT2D eigenvalue weighted by Gasteiger charge is 2.17. The summed E-state index contributed by atoms with van der Waals surface area (Å²) in [6.45, 7) is 0. The molecule has 2 aromatic heterocycles. The normalized spacial score (nSPS) is 11.4. The fraction of sp³-hybridized carbons (Fsp3) is 0. The van der Waals surface area contributed by atoms with Crippen LogP contribution in [0, 0.1) is 0 Å². The van der Waals surface area contributed by atoms with Gasteiger partial charge in [0.15, 0.2) is 17.5 Å². The molecule has 0 aliphatic rings. The van der Waals surface area contributed by atoms with E-state index in [9.17, 15) is 0 Å². The number of benzene rings is 7. The number of hydrogen-bond donors (Lipinski definition) is 0. The molecule has 0 aliphatic heterocycles. The van der Waals surface area contributed by atoms with Crippen molar-refractivity contribution in [1.82, 2.24) is 15.0 Å². The van der Waals surface area contributed by atoms with Gasteiger partial charge in [-0.1, -0.05) is 133 Å². The van der Waals surface area contributed by atoms with Crippen LogP contribution in [0.1, 0.15) is 0 Å². The van der Waals surface area contributed by atoms with E-state index >= 15 is 0 Å². The van der Waals surface area contributed by atoms with Crippen molar-refractivity contribution in [2.45, 2.75) is 0 Å². The van der Waals surface area contributed by atoms with Crippen LogP contribution in [-0.4, -0.2) is 15.0 Å². The first kappa shape index (κ1) is 27.0. The molecule has 0 atom stereocenters. The molecule has 0 N–H and O–H groups in total. The minimum atomic E-state index is 0.592. The van der Waals surface area contributed by atoms with Crippen molar-refractivity contribution in [2.75, 3.05) is 0 Å². The van der Waals surface area contributed by atoms with Gasteiger partial charge in [-0.3, -0.25) is 0 Å². The van der Waals surface area contributed by atoms with E-state index in [1.54, 1.807) is 0 Å². The largest absolute Gasteiger partial charge is 0.456 e. The summed E-state index contributed by atoms with van der Waals surface area (Å²) in [4.78, 5) is 15.1. The lowest BCUT2D eigenvalue weighted by atomic mass is 9.99. The lowest BCUT2D eigenvalue weighted by molar-refractivity contribution is 0.669. The summed E-state index contributed by atoms with van der Waals surface area (Å²) in [5, 5.41) is 4.47. The number of furan rings is 1. The minimum absolute atomic E-state index is 0.592. The molecule has 7 aromatic carbocycles. The van der Waals surface area contributed by atoms with Crippen LogP contribution in [0.3, 0.4) is 0 Å². The molecule has 47 heavy (non-hydrogen) atoms. The maximum atomic E-state index is 6.45. The third-order valence-electron chi connectivity index (χ3n) is 8.71. The summed E-state index contributed by atoms with van der Waals surface area (Å²) >= 11 is 0. The van der Waals surface area contributed by atoms with Gasteiger partial charge in [0.1, 0.15) is 11.2 Å². The zero-order chi connectivity index (χ0) is 31.2. The summed E-state index contributed by atoms with van der Waals surface area (Å²) in [5.74, 6) is 1.83. The monoisotopic (exact) mass is 601 g/mol. The zero-order valence-corrected chi connectivity index (χ0v) is 25.3. The Kier molecular flexibility index (Phi) is 6.43. The average molecular weight is 602 g/mol. The van der Waals surface area contributed by atoms with Crippen molar-refractivity contribution >= 4 is 32.7 Å². The van der Waals surface area contributed by atoms with Gasteiger partial charge in [-0.25, -0.2) is 15.0 Å². The first-order valence-electron chi connectivity index (χ1n) is 15.7. The number of hydrogen-bond acceptors (Lipinski definition) is 4. The van der Waals surface area contributed by atoms with Crippen molar-refractivity contribution in [1.29, 1.82) is 0 Å². The molecule has 4 heteroatoms. The molecule has 220 valence electrons. The van der Waals surface area contributed by atoms with Gasteiger partial charge in [0.05, 0.1) is 0 Å². The van der Waals surface area contributed by atoms with E-state index in [4.69, 9.17) is 19.4 Å². The second-order valence-corrected chi connectivity index (χ2v) is 11.7. The average Bonchev–Trinajstić information content (AvgIpc) is 3.53. The Labute approximate surface area is 271 Å². The number of fused-ring (bicyclic) bond motifs is 4. The summed E-state index contributed by atoms with van der Waals surface area (Å²) in [6.07, 6.45) is 0. The van der Waals surface area contributed by atoms with Crippen LogP contribution in [0.25, 0.3) is 89.1 Å². The topological polar surface area (TPSA) is 51.8 Å². The highest BCUT2D eigenvalue weighted by atomic mass is 16.3. The molecule has 9 aromatic rings. The van der Waals surface area contributed by atoms with Crippen LogP contribution in [0.2, 0.25) is 0 Å². The molecular formula is C43H27N3O. The number of aromatic nitrogens is 3. The minimum Gasteiger partial charge on any atom is -0.456 e. The van der Waals surface area contributed by atoms with E-state index in [2.05, 4.69) is 133 Å². The van der Waals surface area contributed by atoms with Crippen molar-refractivity contribution in [3.63, 3.8) is 0 Å². The molecule has 0 spiro atoms. The Morgan fingerprint density at radius 1 is 0.340 bits per heavy atom. The van der Waals surface area contributed by atoms with E-state index in [-0.39, 0.29) is 0 Å². The molecule has 4 nitrogen and oxygen atoms in total. The van der Waals surface area contributed by atoms with E-state index in [0.717, 1.165) is 66.3 Å². The quantitative estimate of drug-likeness (QED) is 0.197. The standard InChI is InChI=1S/C43H27N3O/c1-3-11-28(12-4-1)32-17-9-18-33(25-32)41-44-42(34-22-21-29-13-7-8-16-31(29)26-34)46-43(45-41)35-23-24-37-39(27-35)47-38-20-10-19-36(40(37)38)30-14-5-2-6-15-30/h1-27H. The predicted octanol–water partition coefficient (Wildman–Crippen LogP) is 11.3. The van der Waals surface area contributed by atoms with Crippen molar-refractivity contribution in [2.24, 2.45) is 0 Å². The lowest BCUT2D eigenvalue weighted by Gasteiger charge is -2.10. The number of rotatable bonds is 5. The zero-order valence-electron chi connectivity index (χ0n) is 25.3. The lowest BCUT2D eigenvalue weighted by Crippen LogP contribution is -2.00. The molecule has 9 rings (SSSR count). The third kappa shape index (κ3) is 4.93. The van der Waals surface area contributed by atoms with Crippen LogP contribution >= 0.6 is 0 Å². The molecule has 0 aliphatic carbocycles. The Morgan fingerprint density at radius 3 is 1.68 bits per heavy atom. The smallest absolute Gasteiger partial charge is 0.164 e. The molecular weight excluding hydrogens is 574 g/mol. The van der Waals surface area contributed by atoms with Gasteiger partial charge >= 0.3 is 0 Å². The van der Waals surface area contributed by atoms with Crippen LogP contribution in [0.4, 0.5) is 0 Å². The van der Waals surface area contributed by atoms with Crippen LogP contribution in [0.5, 0.6) is 0 Å². The van der Waals surface area contributed by atoms with Crippen LogP contribution in [0.15, 0.2) is 168 Å². The van der Waals surface area contributed by atoms with Gasteiger partial charge in [-0.05, 0) is 63.4 Å². The molecule has 0 fully saturated rings. The first-order chi connectivity index (χ1) is 23.3. The molecule has 0 bridgehead atoms. The Balaban J connectivity index is 1.22. The maximum absolute atomic E-state index is 6.45. The van der Waals surface area contributed by atoms with Gasteiger partial charge in [-0.2, -0.15) is 0 Å². The van der Waals surface area contributed by atoms with E-state index in [1.165, 1.54) is 5.39 Å². The molecule has 2 heterocycles. The van der Waals surface area contributed by atoms with Gasteiger partial charge in [0.2, 0.25) is 0 Å². The Morgan fingerprint density at radius 2 is 0.915 bits per heavy atom. The molecule has 0 amide bonds. The van der Waals surface area contributed by atoms with Crippen LogP contribution < -0.4 is 0 Å². The van der Waals surface area contributed by atoms with E-state index < -0.39 is 0 Å². The summed E-state index contributed by atoms with van der Waals surface area (Å²) in [6, 6.07) is 56.4. The van der Waals surface area contributed by atoms with Crippen molar-refractivity contribution in [3.8, 4) is 56.4 Å². The predicted molar refractivity (Wildman–Crippen MR) is 192 cm³/mol. The van der Waals surface area contributed by atoms with Crippen molar-refractivity contribution < 1.29 is 4.42 Å². The van der Waals surface area contributed by atoms with Crippen LogP contribution in [-0.2, 0) is 0 Å². The number of nitrogens with zero attached hydrogens (tertiary/aromatic N) is 3. The highest BCUT2D eigenvalue weighted by molar-refractivity contribution is 6.13. The highest BCUT2D eigenvalue weighted by Crippen LogP contribution is 2.38. The second-order valence-electron chi connectivity index (χ2n) is 11.7. The second kappa shape index (κ2) is 11.2. The first-order valence-corrected chi connectivity index (χ1v) is 15.7. The summed E-state index contributed by atoms with van der Waals surface area (Å²) in [5.41, 5.74) is 8.92. The Hall–Kier alpha value is -6.39. The molecule has 0 unspecified atom stereocenters. The van der Waals surface area contributed by atoms with E-state index in [1.807, 2.05) is 30.3 Å². The SMILES string of the molecule is c1ccc(-c2cccc(-c3nc(-c4ccc5ccccc5c4)nc(-c4ccc5c(c4)oc4cccc(-c6ccccc6)c45)n3)c2)cc1. The van der Waals surface area contributed by atoms with Gasteiger partial charge < -0.3 is 4.42 Å². The van der Waals surface area contributed by atoms with Crippen molar-refractivity contribution in [3.05, 3.63) is 164 Å². The van der Waals surface area contributed by atoms with Gasteiger partial charge in [-0.15, -0.1) is 0 Å². The van der Waals surface area contributed by atoms with Gasteiger partial charge in [0.25, 0.3) is 0 Å². The van der Waals surface area contributed by atoms with E-state index in [0.29, 0.717) is 17.5 Å². The Bertz CT molecular complexity index is 2570. The van der Waals surface area contributed by atoms with Gasteiger partial charge in [0, 0.05) is 27.5 Å². The summed E-state index contributed by atoms with van der Waals surface area (Å²) in [7, 11) is 0. The summed E-state index contributed by atoms with van der Waals surface area (Å²) < 4.78 is 6.45. The third-order valence-corrected chi connectivity index (χ3v) is 8.71. The molecule has 0 saturated heterocycles. The molecule has 0 saturated carbocycles. The fourth-order valence-corrected chi connectivity index (χ4v) is 6.38. The maximum Gasteiger partial charge on any atom is 0.164 e. The molecule has 0 radical (unpaired) electrons.